The standard InChI is InChI=1S/C12H15ClN2O/c1-8-6-9(8)7-15(2)12(16)10-4-3-5-11(13)14-10/h3-5,8-9H,6-7H2,1-2H3. The van der Waals surface area contributed by atoms with Gasteiger partial charge in [-0.15, -0.1) is 0 Å². The normalized spacial score (nSPS) is 22.9. The quantitative estimate of drug-likeness (QED) is 0.758. The minimum atomic E-state index is -0.0541. The lowest BCUT2D eigenvalue weighted by molar-refractivity contribution is 0.0781. The Kier molecular flexibility index (Phi) is 3.15. The minimum Gasteiger partial charge on any atom is -0.340 e. The third-order valence-electron chi connectivity index (χ3n) is 3.07. The molecule has 1 aromatic rings. The van der Waals surface area contributed by atoms with Crippen LogP contribution >= 0.6 is 11.6 Å². The highest BCUT2D eigenvalue weighted by molar-refractivity contribution is 6.29. The summed E-state index contributed by atoms with van der Waals surface area (Å²) >= 11 is 5.75. The van der Waals surface area contributed by atoms with E-state index in [2.05, 4.69) is 11.9 Å². The SMILES string of the molecule is CC1CC1CN(C)C(=O)c1cccc(Cl)n1. The van der Waals surface area contributed by atoms with Crippen molar-refractivity contribution < 1.29 is 4.79 Å². The number of pyridine rings is 1. The van der Waals surface area contributed by atoms with Crippen molar-refractivity contribution in [1.29, 1.82) is 0 Å². The number of amides is 1. The number of hydrogen-bond donors (Lipinski definition) is 0. The van der Waals surface area contributed by atoms with Crippen LogP contribution in [0.2, 0.25) is 5.15 Å². The lowest BCUT2D eigenvalue weighted by Gasteiger charge is -2.16. The molecule has 0 saturated heterocycles. The molecule has 1 aromatic heterocycles. The molecule has 4 heteroatoms. The molecular weight excluding hydrogens is 224 g/mol. The molecule has 0 spiro atoms. The Labute approximate surface area is 100 Å². The Bertz CT molecular complexity index is 408. The summed E-state index contributed by atoms with van der Waals surface area (Å²) in [7, 11) is 1.82. The first-order chi connectivity index (χ1) is 7.58. The summed E-state index contributed by atoms with van der Waals surface area (Å²) in [5.74, 6) is 1.36. The van der Waals surface area contributed by atoms with E-state index in [9.17, 15) is 4.79 Å². The minimum absolute atomic E-state index is 0.0541. The molecule has 86 valence electrons. The molecule has 0 radical (unpaired) electrons. The van der Waals surface area contributed by atoms with Gasteiger partial charge in [-0.05, 0) is 30.4 Å². The number of halogens is 1. The van der Waals surface area contributed by atoms with Gasteiger partial charge in [-0.1, -0.05) is 24.6 Å². The maximum absolute atomic E-state index is 12.0. The van der Waals surface area contributed by atoms with Crippen LogP contribution in [0.25, 0.3) is 0 Å². The maximum Gasteiger partial charge on any atom is 0.272 e. The lowest BCUT2D eigenvalue weighted by atomic mass is 10.3. The Morgan fingerprint density at radius 1 is 1.62 bits per heavy atom. The number of nitrogens with zero attached hydrogens (tertiary/aromatic N) is 2. The monoisotopic (exact) mass is 238 g/mol. The average Bonchev–Trinajstić information content (AvgIpc) is 2.93. The van der Waals surface area contributed by atoms with Crippen LogP contribution in [0.1, 0.15) is 23.8 Å². The van der Waals surface area contributed by atoms with Gasteiger partial charge < -0.3 is 4.90 Å². The molecule has 0 aromatic carbocycles. The first-order valence-corrected chi connectivity index (χ1v) is 5.83. The maximum atomic E-state index is 12.0. The molecule has 0 bridgehead atoms. The molecule has 2 rings (SSSR count). The Balaban J connectivity index is 2.01. The van der Waals surface area contributed by atoms with Crippen molar-refractivity contribution in [2.75, 3.05) is 13.6 Å². The molecule has 3 nitrogen and oxygen atoms in total. The van der Waals surface area contributed by atoms with E-state index in [0.29, 0.717) is 16.8 Å². The van der Waals surface area contributed by atoms with E-state index in [1.165, 1.54) is 6.42 Å². The van der Waals surface area contributed by atoms with Crippen molar-refractivity contribution in [1.82, 2.24) is 9.88 Å². The molecule has 0 aliphatic heterocycles. The topological polar surface area (TPSA) is 33.2 Å². The summed E-state index contributed by atoms with van der Waals surface area (Å²) in [4.78, 5) is 17.7. The van der Waals surface area contributed by atoms with Gasteiger partial charge in [-0.2, -0.15) is 0 Å². The van der Waals surface area contributed by atoms with Crippen molar-refractivity contribution in [3.63, 3.8) is 0 Å². The van der Waals surface area contributed by atoms with Gasteiger partial charge in [-0.3, -0.25) is 4.79 Å². The molecular formula is C12H15ClN2O. The lowest BCUT2D eigenvalue weighted by Crippen LogP contribution is -2.29. The molecule has 2 unspecified atom stereocenters. The summed E-state index contributed by atoms with van der Waals surface area (Å²) in [6, 6.07) is 5.11. The van der Waals surface area contributed by atoms with Gasteiger partial charge >= 0.3 is 0 Å². The van der Waals surface area contributed by atoms with Crippen molar-refractivity contribution in [3.8, 4) is 0 Å². The molecule has 1 amide bonds. The van der Waals surface area contributed by atoms with Gasteiger partial charge in [0.05, 0.1) is 0 Å². The van der Waals surface area contributed by atoms with E-state index >= 15 is 0 Å². The van der Waals surface area contributed by atoms with Crippen LogP contribution < -0.4 is 0 Å². The van der Waals surface area contributed by atoms with E-state index in [4.69, 9.17) is 11.6 Å². The van der Waals surface area contributed by atoms with Crippen LogP contribution in [0.3, 0.4) is 0 Å². The number of carbonyl (C=O) groups is 1. The molecule has 1 fully saturated rings. The first-order valence-electron chi connectivity index (χ1n) is 5.46. The van der Waals surface area contributed by atoms with Gasteiger partial charge in [0.25, 0.3) is 5.91 Å². The highest BCUT2D eigenvalue weighted by atomic mass is 35.5. The molecule has 0 N–H and O–H groups in total. The van der Waals surface area contributed by atoms with Crippen LogP contribution in [-0.4, -0.2) is 29.4 Å². The molecule has 1 saturated carbocycles. The van der Waals surface area contributed by atoms with Crippen molar-refractivity contribution in [3.05, 3.63) is 29.0 Å². The Morgan fingerprint density at radius 3 is 2.88 bits per heavy atom. The third-order valence-corrected chi connectivity index (χ3v) is 3.28. The number of rotatable bonds is 3. The predicted molar refractivity (Wildman–Crippen MR) is 63.5 cm³/mol. The summed E-state index contributed by atoms with van der Waals surface area (Å²) in [5.41, 5.74) is 0.420. The van der Waals surface area contributed by atoms with E-state index in [-0.39, 0.29) is 5.91 Å². The van der Waals surface area contributed by atoms with Crippen LogP contribution in [0.4, 0.5) is 0 Å². The smallest absolute Gasteiger partial charge is 0.272 e. The second kappa shape index (κ2) is 4.42. The van der Waals surface area contributed by atoms with Gasteiger partial charge in [-0.25, -0.2) is 4.98 Å². The first kappa shape index (κ1) is 11.4. The van der Waals surface area contributed by atoms with Crippen molar-refractivity contribution >= 4 is 17.5 Å². The number of hydrogen-bond acceptors (Lipinski definition) is 2. The molecule has 16 heavy (non-hydrogen) atoms. The zero-order valence-electron chi connectivity index (χ0n) is 9.48. The van der Waals surface area contributed by atoms with E-state index in [1.807, 2.05) is 7.05 Å². The molecule has 1 heterocycles. The zero-order valence-corrected chi connectivity index (χ0v) is 10.2. The van der Waals surface area contributed by atoms with E-state index in [0.717, 1.165) is 12.5 Å². The second-order valence-corrected chi connectivity index (χ2v) is 4.89. The molecule has 2 atom stereocenters. The van der Waals surface area contributed by atoms with Crippen LogP contribution in [0.15, 0.2) is 18.2 Å². The van der Waals surface area contributed by atoms with Crippen molar-refractivity contribution in [2.24, 2.45) is 11.8 Å². The number of aromatic nitrogens is 1. The van der Waals surface area contributed by atoms with Crippen LogP contribution in [0.5, 0.6) is 0 Å². The zero-order chi connectivity index (χ0) is 11.7. The Morgan fingerprint density at radius 2 is 2.31 bits per heavy atom. The molecule has 1 aliphatic carbocycles. The second-order valence-electron chi connectivity index (χ2n) is 4.50. The highest BCUT2D eigenvalue weighted by Gasteiger charge is 2.34. The highest BCUT2D eigenvalue weighted by Crippen LogP contribution is 2.38. The largest absolute Gasteiger partial charge is 0.340 e. The summed E-state index contributed by atoms with van der Waals surface area (Å²) in [6.07, 6.45) is 1.22. The fraction of sp³-hybridized carbons (Fsp3) is 0.500. The van der Waals surface area contributed by atoms with Gasteiger partial charge in [0.1, 0.15) is 10.8 Å². The van der Waals surface area contributed by atoms with Crippen LogP contribution in [-0.2, 0) is 0 Å². The van der Waals surface area contributed by atoms with Gasteiger partial charge in [0.15, 0.2) is 0 Å². The van der Waals surface area contributed by atoms with Crippen molar-refractivity contribution in [2.45, 2.75) is 13.3 Å². The number of carbonyl (C=O) groups excluding carboxylic acids is 1. The fourth-order valence-corrected chi connectivity index (χ4v) is 1.97. The molecule has 1 aliphatic rings. The predicted octanol–water partition coefficient (Wildman–Crippen LogP) is 2.46. The van der Waals surface area contributed by atoms with Gasteiger partial charge in [0.2, 0.25) is 0 Å². The third kappa shape index (κ3) is 2.53. The summed E-state index contributed by atoms with van der Waals surface area (Å²) < 4.78 is 0. The Hall–Kier alpha value is -1.09. The fourth-order valence-electron chi connectivity index (χ4n) is 1.81. The van der Waals surface area contributed by atoms with E-state index in [1.54, 1.807) is 23.1 Å². The van der Waals surface area contributed by atoms with E-state index < -0.39 is 0 Å². The summed E-state index contributed by atoms with van der Waals surface area (Å²) in [6.45, 7) is 3.02. The van der Waals surface area contributed by atoms with Gasteiger partial charge in [0, 0.05) is 13.6 Å². The van der Waals surface area contributed by atoms with Crippen LogP contribution in [0, 0.1) is 11.8 Å². The average molecular weight is 239 g/mol. The summed E-state index contributed by atoms with van der Waals surface area (Å²) in [5, 5.41) is 0.360.